The molecule has 2 amide bonds. The van der Waals surface area contributed by atoms with Crippen molar-refractivity contribution < 1.29 is 9.59 Å². The third-order valence-corrected chi connectivity index (χ3v) is 7.30. The second kappa shape index (κ2) is 9.34. The lowest BCUT2D eigenvalue weighted by atomic mass is 10.1. The van der Waals surface area contributed by atoms with Crippen molar-refractivity contribution in [2.24, 2.45) is 0 Å². The number of hydrogen-bond donors (Lipinski definition) is 3. The summed E-state index contributed by atoms with van der Waals surface area (Å²) in [5.74, 6) is 0.656. The van der Waals surface area contributed by atoms with Gasteiger partial charge in [0.15, 0.2) is 5.65 Å². The number of aromatic amines is 1. The van der Waals surface area contributed by atoms with Gasteiger partial charge in [-0.3, -0.25) is 14.5 Å². The van der Waals surface area contributed by atoms with E-state index < -0.39 is 0 Å². The number of aryl methyl sites for hydroxylation is 1. The van der Waals surface area contributed by atoms with Crippen LogP contribution in [0.15, 0.2) is 36.7 Å². The molecule has 1 aliphatic carbocycles. The third kappa shape index (κ3) is 4.32. The maximum atomic E-state index is 12.9. The van der Waals surface area contributed by atoms with E-state index >= 15 is 0 Å². The van der Waals surface area contributed by atoms with Gasteiger partial charge >= 0.3 is 0 Å². The Morgan fingerprint density at radius 2 is 2.00 bits per heavy atom. The van der Waals surface area contributed by atoms with Crippen molar-refractivity contribution in [2.75, 3.05) is 18.4 Å². The zero-order valence-electron chi connectivity index (χ0n) is 20.3. The van der Waals surface area contributed by atoms with E-state index in [0.717, 1.165) is 73.3 Å². The van der Waals surface area contributed by atoms with E-state index in [2.05, 4.69) is 35.6 Å². The number of likely N-dealkylation sites (tertiary alicyclic amines) is 1. The lowest BCUT2D eigenvalue weighted by Gasteiger charge is -2.24. The molecule has 36 heavy (non-hydrogen) atoms. The number of fused-ring (bicyclic) bond motifs is 2. The number of imidazole rings is 1. The maximum Gasteiger partial charge on any atom is 0.256 e. The average Bonchev–Trinajstić information content (AvgIpc) is 3.65. The van der Waals surface area contributed by atoms with Crippen molar-refractivity contribution in [3.63, 3.8) is 0 Å². The summed E-state index contributed by atoms with van der Waals surface area (Å²) in [5, 5.41) is 10.7. The van der Waals surface area contributed by atoms with Crippen molar-refractivity contribution in [1.29, 1.82) is 0 Å². The molecule has 4 heterocycles. The van der Waals surface area contributed by atoms with Gasteiger partial charge in [0.25, 0.3) is 5.91 Å². The van der Waals surface area contributed by atoms with Crippen molar-refractivity contribution in [1.82, 2.24) is 34.8 Å². The molecule has 0 spiro atoms. The van der Waals surface area contributed by atoms with Crippen LogP contribution in [0.1, 0.15) is 66.4 Å². The number of amides is 2. The number of carbonyl (C=O) groups is 2. The fourth-order valence-corrected chi connectivity index (χ4v) is 5.61. The minimum absolute atomic E-state index is 0.0182. The highest BCUT2D eigenvalue weighted by Gasteiger charge is 2.31. The second-order valence-corrected chi connectivity index (χ2v) is 9.85. The number of hydrogen-bond acceptors (Lipinski definition) is 6. The number of rotatable bonds is 6. The summed E-state index contributed by atoms with van der Waals surface area (Å²) >= 11 is 0. The van der Waals surface area contributed by atoms with Crippen LogP contribution in [-0.2, 0) is 4.79 Å². The Morgan fingerprint density at radius 1 is 1.14 bits per heavy atom. The van der Waals surface area contributed by atoms with Crippen LogP contribution in [0.2, 0.25) is 0 Å². The first-order valence-corrected chi connectivity index (χ1v) is 12.7. The van der Waals surface area contributed by atoms with Crippen LogP contribution in [-0.4, -0.2) is 60.4 Å². The molecule has 186 valence electrons. The topological polar surface area (TPSA) is 120 Å². The molecule has 3 N–H and O–H groups in total. The molecule has 0 unspecified atom stereocenters. The van der Waals surface area contributed by atoms with Gasteiger partial charge in [-0.25, -0.2) is 14.5 Å². The van der Waals surface area contributed by atoms with Crippen molar-refractivity contribution in [3.8, 4) is 0 Å². The van der Waals surface area contributed by atoms with Gasteiger partial charge in [0.1, 0.15) is 11.4 Å². The normalized spacial score (nSPS) is 18.9. The van der Waals surface area contributed by atoms with Crippen LogP contribution >= 0.6 is 0 Å². The molecule has 0 radical (unpaired) electrons. The van der Waals surface area contributed by atoms with E-state index in [-0.39, 0.29) is 30.4 Å². The summed E-state index contributed by atoms with van der Waals surface area (Å²) in [6.07, 6.45) is 9.60. The fourth-order valence-electron chi connectivity index (χ4n) is 5.61. The molecule has 2 fully saturated rings. The Balaban J connectivity index is 1.18. The standard InChI is InChI=1S/C26H30N8O2/c1-16-29-20-9-8-18(13-21(20)30-16)31-24(35)15-33-12-4-7-22(33)23-10-11-27-25-19(14-28-34(23)25)26(36)32-17-5-2-3-6-17/h8-11,13-14,17,22H,2-7,12,15H2,1H3,(H,29,30)(H,31,35)(H,32,36)/t22-/m0/s1. The van der Waals surface area contributed by atoms with Crippen LogP contribution in [0.3, 0.4) is 0 Å². The number of H-pyrrole nitrogens is 1. The molecular formula is C26H30N8O2. The summed E-state index contributed by atoms with van der Waals surface area (Å²) in [4.78, 5) is 40.1. The molecule has 10 nitrogen and oxygen atoms in total. The molecular weight excluding hydrogens is 456 g/mol. The van der Waals surface area contributed by atoms with Crippen LogP contribution < -0.4 is 10.6 Å². The number of nitrogens with one attached hydrogen (secondary N) is 3. The van der Waals surface area contributed by atoms with Gasteiger partial charge in [0.05, 0.1) is 35.5 Å². The lowest BCUT2D eigenvalue weighted by molar-refractivity contribution is -0.117. The predicted molar refractivity (Wildman–Crippen MR) is 136 cm³/mol. The Kier molecular flexibility index (Phi) is 5.88. The SMILES string of the molecule is Cc1nc2ccc(NC(=O)CN3CCC[C@H]3c3ccnc4c(C(=O)NC5CCCC5)cnn34)cc2[nH]1. The highest BCUT2D eigenvalue weighted by atomic mass is 16.2. The van der Waals surface area contributed by atoms with E-state index in [4.69, 9.17) is 0 Å². The first kappa shape index (κ1) is 22.7. The van der Waals surface area contributed by atoms with Gasteiger partial charge < -0.3 is 15.6 Å². The van der Waals surface area contributed by atoms with Crippen LogP contribution in [0.25, 0.3) is 16.7 Å². The highest BCUT2D eigenvalue weighted by molar-refractivity contribution is 5.99. The zero-order chi connectivity index (χ0) is 24.6. The van der Waals surface area contributed by atoms with E-state index in [1.165, 1.54) is 0 Å². The Bertz CT molecular complexity index is 1430. The largest absolute Gasteiger partial charge is 0.349 e. The fraction of sp³-hybridized carbons (Fsp3) is 0.423. The number of carbonyl (C=O) groups excluding carboxylic acids is 2. The Labute approximate surface area is 208 Å². The van der Waals surface area contributed by atoms with Gasteiger partial charge in [-0.2, -0.15) is 5.10 Å². The number of anilines is 1. The van der Waals surface area contributed by atoms with E-state index in [1.54, 1.807) is 16.9 Å². The van der Waals surface area contributed by atoms with Crippen LogP contribution in [0, 0.1) is 6.92 Å². The van der Waals surface area contributed by atoms with Gasteiger partial charge in [-0.15, -0.1) is 0 Å². The summed E-state index contributed by atoms with van der Waals surface area (Å²) in [7, 11) is 0. The molecule has 3 aromatic heterocycles. The first-order valence-electron chi connectivity index (χ1n) is 12.7. The second-order valence-electron chi connectivity index (χ2n) is 9.85. The summed E-state index contributed by atoms with van der Waals surface area (Å²) in [6.45, 7) is 2.99. The molecule has 6 rings (SSSR count). The van der Waals surface area contributed by atoms with Gasteiger partial charge in [0, 0.05) is 17.9 Å². The highest BCUT2D eigenvalue weighted by Crippen LogP contribution is 2.32. The number of aromatic nitrogens is 5. The molecule has 0 bridgehead atoms. The monoisotopic (exact) mass is 486 g/mol. The predicted octanol–water partition coefficient (Wildman–Crippen LogP) is 3.36. The van der Waals surface area contributed by atoms with Gasteiger partial charge in [-0.05, 0) is 63.4 Å². The molecule has 1 aliphatic heterocycles. The van der Waals surface area contributed by atoms with Gasteiger partial charge in [0.2, 0.25) is 5.91 Å². The molecule has 1 saturated carbocycles. The molecule has 1 aromatic carbocycles. The maximum absolute atomic E-state index is 12.9. The zero-order valence-corrected chi connectivity index (χ0v) is 20.3. The summed E-state index contributed by atoms with van der Waals surface area (Å²) < 4.78 is 1.76. The Hall–Kier alpha value is -3.79. The first-order chi connectivity index (χ1) is 17.5. The van der Waals surface area contributed by atoms with E-state index in [1.807, 2.05) is 31.2 Å². The van der Waals surface area contributed by atoms with Crippen molar-refractivity contribution >= 4 is 34.2 Å². The third-order valence-electron chi connectivity index (χ3n) is 7.30. The Morgan fingerprint density at radius 3 is 2.86 bits per heavy atom. The van der Waals surface area contributed by atoms with E-state index in [0.29, 0.717) is 11.2 Å². The minimum Gasteiger partial charge on any atom is -0.349 e. The van der Waals surface area contributed by atoms with Crippen LogP contribution in [0.5, 0.6) is 0 Å². The molecule has 4 aromatic rings. The van der Waals surface area contributed by atoms with Crippen molar-refractivity contribution in [3.05, 3.63) is 53.7 Å². The molecule has 1 atom stereocenters. The average molecular weight is 487 g/mol. The van der Waals surface area contributed by atoms with Crippen LogP contribution in [0.4, 0.5) is 5.69 Å². The van der Waals surface area contributed by atoms with Crippen molar-refractivity contribution in [2.45, 2.75) is 57.5 Å². The molecule has 2 aliphatic rings. The molecule has 1 saturated heterocycles. The summed E-state index contributed by atoms with van der Waals surface area (Å²) in [5.41, 5.74) is 4.51. The molecule has 10 heteroatoms. The number of benzene rings is 1. The van der Waals surface area contributed by atoms with Gasteiger partial charge in [-0.1, -0.05) is 12.8 Å². The quantitative estimate of drug-likeness (QED) is 0.384. The van der Waals surface area contributed by atoms with E-state index in [9.17, 15) is 9.59 Å². The number of nitrogens with zero attached hydrogens (tertiary/aromatic N) is 5. The lowest BCUT2D eigenvalue weighted by Crippen LogP contribution is -2.34. The smallest absolute Gasteiger partial charge is 0.256 e. The summed E-state index contributed by atoms with van der Waals surface area (Å²) in [6, 6.07) is 7.87. The minimum atomic E-state index is -0.117.